The van der Waals surface area contributed by atoms with Gasteiger partial charge in [-0.2, -0.15) is 0 Å². The zero-order valence-corrected chi connectivity index (χ0v) is 12.8. The number of nitrogens with zero attached hydrogens (tertiary/aromatic N) is 4. The zero-order chi connectivity index (χ0) is 18.1. The molecule has 0 radical (unpaired) electrons. The van der Waals surface area contributed by atoms with Crippen LogP contribution in [0.5, 0.6) is 11.8 Å². The predicted octanol–water partition coefficient (Wildman–Crippen LogP) is 3.77. The lowest BCUT2D eigenvalue weighted by Crippen LogP contribution is -1.91. The fraction of sp³-hybridized carbons (Fsp3) is 0. The summed E-state index contributed by atoms with van der Waals surface area (Å²) in [5.41, 5.74) is -0.548. The first-order valence-corrected chi connectivity index (χ1v) is 6.95. The molecule has 0 unspecified atom stereocenters. The lowest BCUT2D eigenvalue weighted by molar-refractivity contribution is -0.394. The van der Waals surface area contributed by atoms with Crippen LogP contribution in [0.25, 0.3) is 0 Å². The number of rotatable bonds is 4. The summed E-state index contributed by atoms with van der Waals surface area (Å²) in [5.74, 6) is 1.11. The van der Waals surface area contributed by atoms with Gasteiger partial charge in [-0.25, -0.2) is 9.97 Å². The summed E-state index contributed by atoms with van der Waals surface area (Å²) >= 11 is 0. The monoisotopic (exact) mass is 340 g/mol. The molecule has 0 amide bonds. The highest BCUT2D eigenvalue weighted by Crippen LogP contribution is 2.18. The molecule has 0 saturated heterocycles. The molecule has 0 saturated carbocycles. The van der Waals surface area contributed by atoms with Crippen molar-refractivity contribution in [2.24, 2.45) is 0 Å². The molecule has 0 N–H and O–H groups in total. The summed E-state index contributed by atoms with van der Waals surface area (Å²) in [5, 5.41) is 20.3. The molecule has 0 aliphatic carbocycles. The molecule has 0 fully saturated rings. The van der Waals surface area contributed by atoms with E-state index in [4.69, 9.17) is 4.74 Å². The van der Waals surface area contributed by atoms with Crippen LogP contribution in [0.2, 0.25) is 0 Å². The highest BCUT2D eigenvalue weighted by Gasteiger charge is 2.11. The van der Waals surface area contributed by atoms with E-state index in [-0.39, 0.29) is 11.4 Å². The molecule has 0 aliphatic rings. The molecule has 25 heavy (non-hydrogen) atoms. The van der Waals surface area contributed by atoms with Crippen molar-refractivity contribution in [1.29, 1.82) is 0 Å². The molecule has 2 heterocycles. The van der Waals surface area contributed by atoms with Crippen LogP contribution in [0.3, 0.4) is 0 Å². The van der Waals surface area contributed by atoms with E-state index < -0.39 is 9.85 Å². The molecule has 0 aliphatic heterocycles. The van der Waals surface area contributed by atoms with Crippen LogP contribution < -0.4 is 4.74 Å². The quantitative estimate of drug-likeness (QED) is 0.523. The Labute approximate surface area is 141 Å². The van der Waals surface area contributed by atoms with E-state index in [2.05, 4.69) is 9.97 Å². The van der Waals surface area contributed by atoms with E-state index in [0.717, 1.165) is 6.07 Å². The second-order valence-corrected chi connectivity index (χ2v) is 4.47. The van der Waals surface area contributed by atoms with Crippen LogP contribution in [0, 0.1) is 20.2 Å². The zero-order valence-electron chi connectivity index (χ0n) is 12.8. The number of nitro groups is 2. The van der Waals surface area contributed by atoms with Gasteiger partial charge in [-0.3, -0.25) is 20.2 Å². The Bertz CT molecular complexity index is 777. The molecule has 1 aromatic carbocycles. The molecule has 9 heteroatoms. The van der Waals surface area contributed by atoms with Gasteiger partial charge in [-0.15, -0.1) is 0 Å². The van der Waals surface area contributed by atoms with Crippen LogP contribution in [0.15, 0.2) is 73.1 Å². The minimum Gasteiger partial charge on any atom is -0.421 e. The lowest BCUT2D eigenvalue weighted by Gasteiger charge is -2.00. The summed E-state index contributed by atoms with van der Waals surface area (Å²) in [7, 11) is 0. The van der Waals surface area contributed by atoms with Gasteiger partial charge >= 0.3 is 0 Å². The Morgan fingerprint density at radius 2 is 1.20 bits per heavy atom. The number of pyridine rings is 2. The Hall–Kier alpha value is -3.88. The van der Waals surface area contributed by atoms with E-state index in [0.29, 0.717) is 11.8 Å². The van der Waals surface area contributed by atoms with Crippen molar-refractivity contribution < 1.29 is 14.6 Å². The van der Waals surface area contributed by atoms with E-state index in [1.54, 1.807) is 24.5 Å². The minimum absolute atomic E-state index is 0.274. The molecule has 3 aromatic rings. The van der Waals surface area contributed by atoms with Gasteiger partial charge in [0.25, 0.3) is 11.4 Å². The van der Waals surface area contributed by atoms with E-state index in [1.165, 1.54) is 18.2 Å². The molecule has 2 aromatic heterocycles. The number of hydrogen-bond donors (Lipinski definition) is 0. The minimum atomic E-state index is -0.674. The van der Waals surface area contributed by atoms with Crippen molar-refractivity contribution in [2.45, 2.75) is 0 Å². The summed E-state index contributed by atoms with van der Waals surface area (Å²) in [6, 6.07) is 15.6. The molecule has 3 rings (SSSR count). The first-order chi connectivity index (χ1) is 12.1. The lowest BCUT2D eigenvalue weighted by atomic mass is 10.3. The Kier molecular flexibility index (Phi) is 6.06. The number of non-ortho nitro benzene ring substituents is 2. The maximum atomic E-state index is 10.2. The maximum Gasteiger partial charge on any atom is 0.276 e. The average Bonchev–Trinajstić information content (AvgIpc) is 2.64. The van der Waals surface area contributed by atoms with Gasteiger partial charge in [0.2, 0.25) is 11.8 Å². The van der Waals surface area contributed by atoms with E-state index in [9.17, 15) is 20.2 Å². The smallest absolute Gasteiger partial charge is 0.276 e. The first-order valence-electron chi connectivity index (χ1n) is 6.95. The highest BCUT2D eigenvalue weighted by molar-refractivity contribution is 5.42. The van der Waals surface area contributed by atoms with Crippen LogP contribution >= 0.6 is 0 Å². The third-order valence-electron chi connectivity index (χ3n) is 2.74. The summed E-state index contributed by atoms with van der Waals surface area (Å²) < 4.78 is 5.36. The normalized spacial score (nSPS) is 9.44. The second kappa shape index (κ2) is 8.67. The molecule has 0 bridgehead atoms. The van der Waals surface area contributed by atoms with E-state index in [1.807, 2.05) is 24.3 Å². The second-order valence-electron chi connectivity index (χ2n) is 4.47. The summed E-state index contributed by atoms with van der Waals surface area (Å²) in [6.07, 6.45) is 3.36. The van der Waals surface area contributed by atoms with Crippen molar-refractivity contribution in [3.8, 4) is 11.8 Å². The molecule has 126 valence electrons. The largest absolute Gasteiger partial charge is 0.421 e. The van der Waals surface area contributed by atoms with Crippen molar-refractivity contribution in [3.63, 3.8) is 0 Å². The van der Waals surface area contributed by atoms with Gasteiger partial charge in [0.1, 0.15) is 0 Å². The van der Waals surface area contributed by atoms with Gasteiger partial charge in [-0.1, -0.05) is 12.1 Å². The first kappa shape index (κ1) is 17.5. The molecular weight excluding hydrogens is 328 g/mol. The van der Waals surface area contributed by atoms with Crippen LogP contribution in [-0.2, 0) is 0 Å². The summed E-state index contributed by atoms with van der Waals surface area (Å²) in [4.78, 5) is 27.0. The Morgan fingerprint density at radius 1 is 0.720 bits per heavy atom. The van der Waals surface area contributed by atoms with Gasteiger partial charge in [0.05, 0.1) is 15.9 Å². The fourth-order valence-corrected chi connectivity index (χ4v) is 1.64. The molecular formula is C16H12N4O5. The van der Waals surface area contributed by atoms with Crippen molar-refractivity contribution >= 4 is 11.4 Å². The summed E-state index contributed by atoms with van der Waals surface area (Å²) in [6.45, 7) is 0. The molecule has 0 spiro atoms. The number of ether oxygens (including phenoxy) is 1. The van der Waals surface area contributed by atoms with Gasteiger partial charge in [0.15, 0.2) is 0 Å². The van der Waals surface area contributed by atoms with E-state index >= 15 is 0 Å². The highest BCUT2D eigenvalue weighted by atomic mass is 16.6. The maximum absolute atomic E-state index is 10.2. The Morgan fingerprint density at radius 3 is 1.56 bits per heavy atom. The van der Waals surface area contributed by atoms with Crippen LogP contribution in [0.4, 0.5) is 11.4 Å². The number of nitro benzene ring substituents is 2. The SMILES string of the molecule is O=[N+]([O-])c1cccc([N+](=O)[O-])c1.c1ccc(Oc2ccccn2)nc1. The number of hydrogen-bond acceptors (Lipinski definition) is 7. The van der Waals surface area contributed by atoms with Gasteiger partial charge in [-0.05, 0) is 18.2 Å². The Balaban J connectivity index is 0.000000181. The van der Waals surface area contributed by atoms with Crippen LogP contribution in [-0.4, -0.2) is 19.8 Å². The molecule has 0 atom stereocenters. The van der Waals surface area contributed by atoms with Crippen LogP contribution in [0.1, 0.15) is 0 Å². The third-order valence-corrected chi connectivity index (χ3v) is 2.74. The topological polar surface area (TPSA) is 121 Å². The van der Waals surface area contributed by atoms with Gasteiger partial charge in [0, 0.05) is 36.7 Å². The number of aromatic nitrogens is 2. The fourth-order valence-electron chi connectivity index (χ4n) is 1.64. The van der Waals surface area contributed by atoms with Crippen molar-refractivity contribution in [2.75, 3.05) is 0 Å². The van der Waals surface area contributed by atoms with Crippen molar-refractivity contribution in [1.82, 2.24) is 9.97 Å². The van der Waals surface area contributed by atoms with Gasteiger partial charge < -0.3 is 4.74 Å². The average molecular weight is 340 g/mol. The van der Waals surface area contributed by atoms with Crippen molar-refractivity contribution in [3.05, 3.63) is 93.3 Å². The predicted molar refractivity (Wildman–Crippen MR) is 88.3 cm³/mol. The number of benzene rings is 1. The standard InChI is InChI=1S/C10H8N2O.C6H4N2O4/c1-3-7-11-9(5-1)13-10-6-2-4-8-12-10;9-7(10)5-2-1-3-6(4-5)8(11)12/h1-8H;1-4H. The molecule has 9 nitrogen and oxygen atoms in total. The third kappa shape index (κ3) is 5.67.